The molecule has 4 rings (SSSR count). The fourth-order valence-electron chi connectivity index (χ4n) is 3.99. The molecule has 1 aromatic heterocycles. The smallest absolute Gasteiger partial charge is 0.322 e. The highest BCUT2D eigenvalue weighted by atomic mass is 32.1. The van der Waals surface area contributed by atoms with Gasteiger partial charge < -0.3 is 19.9 Å². The summed E-state index contributed by atoms with van der Waals surface area (Å²) in [5.41, 5.74) is 2.60. The molecule has 184 valence electrons. The van der Waals surface area contributed by atoms with Crippen LogP contribution in [0.2, 0.25) is 0 Å². The number of carbonyl (C=O) groups is 2. The van der Waals surface area contributed by atoms with Crippen LogP contribution in [0.3, 0.4) is 0 Å². The normalized spacial score (nSPS) is 15.1. The Hall–Kier alpha value is -3.23. The van der Waals surface area contributed by atoms with Crippen molar-refractivity contribution in [3.8, 4) is 0 Å². The van der Waals surface area contributed by atoms with Gasteiger partial charge in [-0.2, -0.15) is 0 Å². The number of nitrogens with zero attached hydrogens (tertiary/aromatic N) is 2. The number of thiophene rings is 1. The van der Waals surface area contributed by atoms with E-state index in [2.05, 4.69) is 5.32 Å². The zero-order valence-corrected chi connectivity index (χ0v) is 20.6. The van der Waals surface area contributed by atoms with Crippen LogP contribution in [0.15, 0.2) is 66.0 Å². The largest absolute Gasteiger partial charge is 0.376 e. The molecule has 1 aliphatic heterocycles. The highest BCUT2D eigenvalue weighted by Crippen LogP contribution is 2.18. The van der Waals surface area contributed by atoms with Crippen LogP contribution in [0, 0.1) is 12.7 Å². The number of hydrogen-bond acceptors (Lipinski definition) is 4. The molecule has 2 aromatic carbocycles. The molecule has 8 heteroatoms. The Morgan fingerprint density at radius 3 is 2.49 bits per heavy atom. The maximum absolute atomic E-state index is 13.5. The molecular weight excluding hydrogens is 465 g/mol. The third kappa shape index (κ3) is 7.37. The molecule has 35 heavy (non-hydrogen) atoms. The molecule has 6 nitrogen and oxygen atoms in total. The summed E-state index contributed by atoms with van der Waals surface area (Å²) < 4.78 is 19.2. The van der Waals surface area contributed by atoms with Gasteiger partial charge in [-0.25, -0.2) is 9.18 Å². The maximum atomic E-state index is 13.5. The highest BCUT2D eigenvalue weighted by Gasteiger charge is 2.27. The molecule has 0 bridgehead atoms. The summed E-state index contributed by atoms with van der Waals surface area (Å²) in [7, 11) is 0. The van der Waals surface area contributed by atoms with Gasteiger partial charge in [0.05, 0.1) is 12.6 Å². The van der Waals surface area contributed by atoms with Gasteiger partial charge in [0.2, 0.25) is 5.91 Å². The van der Waals surface area contributed by atoms with Crippen molar-refractivity contribution in [2.45, 2.75) is 39.0 Å². The second kappa shape index (κ2) is 12.0. The molecular formula is C27H30FN3O3S. The van der Waals surface area contributed by atoms with Crippen LogP contribution in [0.4, 0.5) is 14.9 Å². The monoisotopic (exact) mass is 495 g/mol. The van der Waals surface area contributed by atoms with Crippen molar-refractivity contribution in [1.82, 2.24) is 9.80 Å². The minimum Gasteiger partial charge on any atom is -0.376 e. The molecule has 1 aliphatic rings. The van der Waals surface area contributed by atoms with E-state index < -0.39 is 0 Å². The van der Waals surface area contributed by atoms with Gasteiger partial charge >= 0.3 is 6.03 Å². The van der Waals surface area contributed by atoms with Gasteiger partial charge in [-0.3, -0.25) is 4.79 Å². The Balaban J connectivity index is 1.50. The zero-order valence-electron chi connectivity index (χ0n) is 19.8. The third-order valence-corrected chi connectivity index (χ3v) is 6.79. The number of ether oxygens (including phenoxy) is 1. The number of carbonyl (C=O) groups excluding carboxylic acids is 2. The molecule has 0 unspecified atom stereocenters. The number of benzene rings is 2. The average molecular weight is 496 g/mol. The topological polar surface area (TPSA) is 61.9 Å². The van der Waals surface area contributed by atoms with Gasteiger partial charge in [0.25, 0.3) is 0 Å². The lowest BCUT2D eigenvalue weighted by Crippen LogP contribution is -2.46. The number of hydrogen-bond donors (Lipinski definition) is 1. The molecule has 1 fully saturated rings. The van der Waals surface area contributed by atoms with E-state index >= 15 is 0 Å². The predicted molar refractivity (Wildman–Crippen MR) is 136 cm³/mol. The van der Waals surface area contributed by atoms with Gasteiger partial charge in [-0.1, -0.05) is 35.9 Å². The summed E-state index contributed by atoms with van der Waals surface area (Å²) in [4.78, 5) is 31.0. The predicted octanol–water partition coefficient (Wildman–Crippen LogP) is 5.44. The molecule has 0 aliphatic carbocycles. The highest BCUT2D eigenvalue weighted by molar-refractivity contribution is 7.09. The molecule has 1 atom stereocenters. The molecule has 3 aromatic rings. The van der Waals surface area contributed by atoms with Gasteiger partial charge in [-0.15, -0.1) is 11.3 Å². The lowest BCUT2D eigenvalue weighted by atomic mass is 10.2. The molecule has 0 radical (unpaired) electrons. The van der Waals surface area contributed by atoms with Crippen LogP contribution in [-0.4, -0.2) is 47.5 Å². The second-order valence-corrected chi connectivity index (χ2v) is 9.80. The maximum Gasteiger partial charge on any atom is 0.322 e. The zero-order chi connectivity index (χ0) is 24.6. The van der Waals surface area contributed by atoms with Crippen molar-refractivity contribution in [1.29, 1.82) is 0 Å². The number of halogens is 1. The Bertz CT molecular complexity index is 1100. The molecule has 1 N–H and O–H groups in total. The van der Waals surface area contributed by atoms with Crippen molar-refractivity contribution in [3.05, 3.63) is 87.9 Å². The summed E-state index contributed by atoms with van der Waals surface area (Å²) in [5.74, 6) is -0.500. The summed E-state index contributed by atoms with van der Waals surface area (Å²) in [6, 6.07) is 17.3. The van der Waals surface area contributed by atoms with Crippen LogP contribution >= 0.6 is 11.3 Å². The van der Waals surface area contributed by atoms with Crippen LogP contribution in [0.1, 0.15) is 28.8 Å². The van der Waals surface area contributed by atoms with Crippen LogP contribution in [0.5, 0.6) is 0 Å². The minimum atomic E-state index is -0.337. The fraction of sp³-hybridized carbons (Fsp3) is 0.333. The van der Waals surface area contributed by atoms with E-state index in [4.69, 9.17) is 4.74 Å². The molecule has 0 spiro atoms. The summed E-state index contributed by atoms with van der Waals surface area (Å²) in [5, 5.41) is 4.88. The number of amides is 3. The van der Waals surface area contributed by atoms with E-state index in [0.717, 1.165) is 28.8 Å². The van der Waals surface area contributed by atoms with E-state index in [9.17, 15) is 14.0 Å². The average Bonchev–Trinajstić information content (AvgIpc) is 3.55. The van der Waals surface area contributed by atoms with E-state index in [-0.39, 0.29) is 30.4 Å². The van der Waals surface area contributed by atoms with Gasteiger partial charge in [-0.05, 0) is 61.0 Å². The van der Waals surface area contributed by atoms with Crippen molar-refractivity contribution in [2.24, 2.45) is 0 Å². The van der Waals surface area contributed by atoms with Crippen molar-refractivity contribution >= 4 is 29.0 Å². The minimum absolute atomic E-state index is 0.0792. The first-order valence-corrected chi connectivity index (χ1v) is 12.6. The number of nitrogens with one attached hydrogen (secondary N) is 1. The van der Waals surface area contributed by atoms with Gasteiger partial charge in [0, 0.05) is 30.3 Å². The Morgan fingerprint density at radius 1 is 1.06 bits per heavy atom. The lowest BCUT2D eigenvalue weighted by molar-refractivity contribution is -0.133. The molecule has 0 saturated carbocycles. The van der Waals surface area contributed by atoms with Crippen molar-refractivity contribution < 1.29 is 18.7 Å². The Labute approximate surface area is 209 Å². The van der Waals surface area contributed by atoms with Gasteiger partial charge in [0.1, 0.15) is 12.4 Å². The van der Waals surface area contributed by atoms with Crippen molar-refractivity contribution in [3.63, 3.8) is 0 Å². The molecule has 3 amide bonds. The lowest BCUT2D eigenvalue weighted by Gasteiger charge is -2.29. The first kappa shape index (κ1) is 24.9. The summed E-state index contributed by atoms with van der Waals surface area (Å²) in [6.07, 6.45) is 1.72. The standard InChI is InChI=1S/C27H30FN3O3S/c1-20-6-12-23(13-7-20)29-27(33)31(17-24-4-2-14-34-24)19-26(32)30(18-25-5-3-15-35-25)16-21-8-10-22(28)11-9-21/h3,5-13,15,24H,2,4,14,16-19H2,1H3,(H,29,33)/t24-/m1/s1. The first-order chi connectivity index (χ1) is 17.0. The number of aryl methyl sites for hydroxylation is 1. The fourth-order valence-corrected chi connectivity index (χ4v) is 4.71. The SMILES string of the molecule is Cc1ccc(NC(=O)N(CC(=O)N(Cc2ccc(F)cc2)Cc2cccs2)C[C@H]2CCCO2)cc1. The van der Waals surface area contributed by atoms with E-state index in [1.165, 1.54) is 17.0 Å². The van der Waals surface area contributed by atoms with E-state index in [1.807, 2.05) is 48.7 Å². The quantitative estimate of drug-likeness (QED) is 0.430. The second-order valence-electron chi connectivity index (χ2n) is 8.77. The first-order valence-electron chi connectivity index (χ1n) is 11.7. The Morgan fingerprint density at radius 2 is 1.83 bits per heavy atom. The summed E-state index contributed by atoms with van der Waals surface area (Å²) >= 11 is 1.57. The number of urea groups is 1. The van der Waals surface area contributed by atoms with Crippen LogP contribution in [-0.2, 0) is 22.6 Å². The van der Waals surface area contributed by atoms with Crippen LogP contribution in [0.25, 0.3) is 0 Å². The van der Waals surface area contributed by atoms with E-state index in [1.54, 1.807) is 28.4 Å². The Kier molecular flexibility index (Phi) is 8.50. The van der Waals surface area contributed by atoms with Crippen LogP contribution < -0.4 is 5.32 Å². The number of anilines is 1. The van der Waals surface area contributed by atoms with Crippen molar-refractivity contribution in [2.75, 3.05) is 25.0 Å². The van der Waals surface area contributed by atoms with E-state index in [0.29, 0.717) is 31.9 Å². The number of rotatable bonds is 9. The summed E-state index contributed by atoms with van der Waals surface area (Å²) in [6.45, 7) is 3.65. The molecule has 1 saturated heterocycles. The molecule has 2 heterocycles. The van der Waals surface area contributed by atoms with Gasteiger partial charge in [0.15, 0.2) is 0 Å². The third-order valence-electron chi connectivity index (χ3n) is 5.93.